The van der Waals surface area contributed by atoms with E-state index in [0.717, 1.165) is 63.8 Å². The Morgan fingerprint density at radius 3 is 2.29 bits per heavy atom. The van der Waals surface area contributed by atoms with Crippen LogP contribution in [0.3, 0.4) is 0 Å². The summed E-state index contributed by atoms with van der Waals surface area (Å²) in [5.74, 6) is 2.66. The molecule has 0 spiro atoms. The maximum atomic E-state index is 5.40. The lowest BCUT2D eigenvalue weighted by Crippen LogP contribution is -2.38. The first-order valence-corrected chi connectivity index (χ1v) is 9.75. The molecule has 0 bridgehead atoms. The SMILES string of the molecule is CN=C(NCCCCN1CCOCC1)NCc1cc(OC)c(OC)c(OC)c1. The van der Waals surface area contributed by atoms with E-state index in [1.807, 2.05) is 12.1 Å². The Morgan fingerprint density at radius 2 is 1.71 bits per heavy atom. The van der Waals surface area contributed by atoms with Gasteiger partial charge in [-0.05, 0) is 37.1 Å². The van der Waals surface area contributed by atoms with Crippen molar-refractivity contribution in [2.24, 2.45) is 4.99 Å². The molecule has 1 aliphatic rings. The van der Waals surface area contributed by atoms with Gasteiger partial charge in [0.2, 0.25) is 5.75 Å². The monoisotopic (exact) mass is 394 g/mol. The molecular weight excluding hydrogens is 360 g/mol. The van der Waals surface area contributed by atoms with Gasteiger partial charge < -0.3 is 29.6 Å². The summed E-state index contributed by atoms with van der Waals surface area (Å²) in [7, 11) is 6.61. The van der Waals surface area contributed by atoms with Gasteiger partial charge in [-0.2, -0.15) is 0 Å². The fraction of sp³-hybridized carbons (Fsp3) is 0.650. The quantitative estimate of drug-likeness (QED) is 0.354. The van der Waals surface area contributed by atoms with Crippen LogP contribution in [0, 0.1) is 0 Å². The second-order valence-corrected chi connectivity index (χ2v) is 6.55. The maximum Gasteiger partial charge on any atom is 0.203 e. The highest BCUT2D eigenvalue weighted by atomic mass is 16.5. The normalized spacial score (nSPS) is 15.2. The topological polar surface area (TPSA) is 76.6 Å². The lowest BCUT2D eigenvalue weighted by Gasteiger charge is -2.26. The number of morpholine rings is 1. The molecule has 2 rings (SSSR count). The van der Waals surface area contributed by atoms with Crippen LogP contribution >= 0.6 is 0 Å². The van der Waals surface area contributed by atoms with Crippen LogP contribution in [0.1, 0.15) is 18.4 Å². The molecule has 158 valence electrons. The summed E-state index contributed by atoms with van der Waals surface area (Å²) in [5, 5.41) is 6.69. The van der Waals surface area contributed by atoms with Gasteiger partial charge in [-0.15, -0.1) is 0 Å². The lowest BCUT2D eigenvalue weighted by molar-refractivity contribution is 0.0372. The van der Waals surface area contributed by atoms with E-state index in [9.17, 15) is 0 Å². The van der Waals surface area contributed by atoms with Crippen molar-refractivity contribution in [3.05, 3.63) is 17.7 Å². The Kier molecular flexibility index (Phi) is 9.71. The van der Waals surface area contributed by atoms with Crippen LogP contribution < -0.4 is 24.8 Å². The third-order valence-electron chi connectivity index (χ3n) is 4.71. The number of rotatable bonds is 10. The Bertz CT molecular complexity index is 593. The van der Waals surface area contributed by atoms with E-state index in [2.05, 4.69) is 20.5 Å². The minimum absolute atomic E-state index is 0.594. The zero-order chi connectivity index (χ0) is 20.2. The van der Waals surface area contributed by atoms with E-state index in [-0.39, 0.29) is 0 Å². The van der Waals surface area contributed by atoms with Crippen molar-refractivity contribution in [3.63, 3.8) is 0 Å². The van der Waals surface area contributed by atoms with Crippen molar-refractivity contribution in [2.75, 3.05) is 67.8 Å². The van der Waals surface area contributed by atoms with Crippen LogP contribution in [-0.4, -0.2) is 78.6 Å². The molecule has 1 aromatic rings. The minimum atomic E-state index is 0.594. The second-order valence-electron chi connectivity index (χ2n) is 6.55. The molecule has 0 aliphatic carbocycles. The van der Waals surface area contributed by atoms with Gasteiger partial charge in [0.05, 0.1) is 34.5 Å². The number of nitrogens with zero attached hydrogens (tertiary/aromatic N) is 2. The van der Waals surface area contributed by atoms with E-state index in [4.69, 9.17) is 18.9 Å². The first-order chi connectivity index (χ1) is 13.7. The summed E-state index contributed by atoms with van der Waals surface area (Å²) in [6.07, 6.45) is 2.26. The molecule has 0 amide bonds. The molecule has 0 aromatic heterocycles. The molecule has 0 unspecified atom stereocenters. The molecule has 28 heavy (non-hydrogen) atoms. The van der Waals surface area contributed by atoms with Crippen molar-refractivity contribution in [3.8, 4) is 17.2 Å². The third kappa shape index (κ3) is 6.76. The second kappa shape index (κ2) is 12.3. The first-order valence-electron chi connectivity index (χ1n) is 9.75. The van der Waals surface area contributed by atoms with Gasteiger partial charge in [0.15, 0.2) is 17.5 Å². The third-order valence-corrected chi connectivity index (χ3v) is 4.71. The highest BCUT2D eigenvalue weighted by Gasteiger charge is 2.13. The average molecular weight is 395 g/mol. The highest BCUT2D eigenvalue weighted by Crippen LogP contribution is 2.38. The number of hydrogen-bond acceptors (Lipinski definition) is 6. The zero-order valence-corrected chi connectivity index (χ0v) is 17.5. The largest absolute Gasteiger partial charge is 0.493 e. The van der Waals surface area contributed by atoms with Crippen LogP contribution in [-0.2, 0) is 11.3 Å². The number of guanidine groups is 1. The van der Waals surface area contributed by atoms with Gasteiger partial charge in [0, 0.05) is 33.2 Å². The molecule has 1 heterocycles. The Morgan fingerprint density at radius 1 is 1.04 bits per heavy atom. The van der Waals surface area contributed by atoms with Crippen LogP contribution in [0.4, 0.5) is 0 Å². The predicted molar refractivity (Wildman–Crippen MR) is 111 cm³/mol. The van der Waals surface area contributed by atoms with E-state index < -0.39 is 0 Å². The molecule has 1 aromatic carbocycles. The van der Waals surface area contributed by atoms with E-state index in [0.29, 0.717) is 23.8 Å². The minimum Gasteiger partial charge on any atom is -0.493 e. The van der Waals surface area contributed by atoms with Crippen molar-refractivity contribution >= 4 is 5.96 Å². The molecule has 0 saturated carbocycles. The first kappa shape index (κ1) is 22.1. The average Bonchev–Trinajstić information content (AvgIpc) is 2.75. The number of unbranched alkanes of at least 4 members (excludes halogenated alkanes) is 1. The molecule has 8 nitrogen and oxygen atoms in total. The highest BCUT2D eigenvalue weighted by molar-refractivity contribution is 5.79. The molecule has 1 aliphatic heterocycles. The van der Waals surface area contributed by atoms with Gasteiger partial charge in [-0.25, -0.2) is 0 Å². The summed E-state index contributed by atoms with van der Waals surface area (Å²) in [6.45, 7) is 6.42. The van der Waals surface area contributed by atoms with Crippen molar-refractivity contribution in [2.45, 2.75) is 19.4 Å². The molecule has 2 N–H and O–H groups in total. The van der Waals surface area contributed by atoms with Gasteiger partial charge in [-0.1, -0.05) is 0 Å². The zero-order valence-electron chi connectivity index (χ0n) is 17.5. The number of nitrogens with one attached hydrogen (secondary N) is 2. The number of ether oxygens (including phenoxy) is 4. The molecular formula is C20H34N4O4. The summed E-state index contributed by atoms with van der Waals surface area (Å²) in [5.41, 5.74) is 1.02. The van der Waals surface area contributed by atoms with Gasteiger partial charge in [0.1, 0.15) is 0 Å². The Hall–Kier alpha value is -2.19. The summed E-state index contributed by atoms with van der Waals surface area (Å²) in [4.78, 5) is 6.75. The fourth-order valence-electron chi connectivity index (χ4n) is 3.14. The summed E-state index contributed by atoms with van der Waals surface area (Å²) < 4.78 is 21.5. The van der Waals surface area contributed by atoms with Gasteiger partial charge >= 0.3 is 0 Å². The molecule has 1 fully saturated rings. The number of methoxy groups -OCH3 is 3. The molecule has 1 saturated heterocycles. The van der Waals surface area contributed by atoms with Gasteiger partial charge in [-0.3, -0.25) is 9.89 Å². The van der Waals surface area contributed by atoms with Crippen molar-refractivity contribution < 1.29 is 18.9 Å². The molecule has 0 radical (unpaired) electrons. The van der Waals surface area contributed by atoms with E-state index >= 15 is 0 Å². The molecule has 8 heteroatoms. The maximum absolute atomic E-state index is 5.40. The molecule has 0 atom stereocenters. The Balaban J connectivity index is 1.75. The number of aliphatic imine (C=N–C) groups is 1. The lowest BCUT2D eigenvalue weighted by atomic mass is 10.2. The summed E-state index contributed by atoms with van der Waals surface area (Å²) in [6, 6.07) is 3.87. The van der Waals surface area contributed by atoms with E-state index in [1.165, 1.54) is 0 Å². The smallest absolute Gasteiger partial charge is 0.203 e. The Labute approximate surface area is 168 Å². The van der Waals surface area contributed by atoms with E-state index in [1.54, 1.807) is 28.4 Å². The summed E-state index contributed by atoms with van der Waals surface area (Å²) >= 11 is 0. The van der Waals surface area contributed by atoms with Crippen LogP contribution in [0.5, 0.6) is 17.2 Å². The number of benzene rings is 1. The fourth-order valence-corrected chi connectivity index (χ4v) is 3.14. The standard InChI is InChI=1S/C20H34N4O4/c1-21-20(22-7-5-6-8-24-9-11-28-12-10-24)23-15-16-13-17(25-2)19(27-4)18(14-16)26-3/h13-14H,5-12,15H2,1-4H3,(H2,21,22,23). The van der Waals surface area contributed by atoms with Crippen molar-refractivity contribution in [1.82, 2.24) is 15.5 Å². The predicted octanol–water partition coefficient (Wildman–Crippen LogP) is 1.49. The van der Waals surface area contributed by atoms with Crippen LogP contribution in [0.25, 0.3) is 0 Å². The van der Waals surface area contributed by atoms with Crippen LogP contribution in [0.2, 0.25) is 0 Å². The van der Waals surface area contributed by atoms with Gasteiger partial charge in [0.25, 0.3) is 0 Å². The number of hydrogen-bond donors (Lipinski definition) is 2. The van der Waals surface area contributed by atoms with Crippen molar-refractivity contribution in [1.29, 1.82) is 0 Å². The van der Waals surface area contributed by atoms with Crippen LogP contribution in [0.15, 0.2) is 17.1 Å².